The van der Waals surface area contributed by atoms with Crippen molar-refractivity contribution >= 4 is 5.97 Å². The highest BCUT2D eigenvalue weighted by atomic mass is 16.4. The Hall–Kier alpha value is -1.31. The number of hydrogen-bond acceptors (Lipinski definition) is 1. The van der Waals surface area contributed by atoms with Crippen LogP contribution < -0.4 is 0 Å². The van der Waals surface area contributed by atoms with E-state index in [1.807, 2.05) is 26.8 Å². The molecule has 0 atom stereocenters. The van der Waals surface area contributed by atoms with Gasteiger partial charge in [0.05, 0.1) is 5.41 Å². The van der Waals surface area contributed by atoms with Crippen molar-refractivity contribution in [3.63, 3.8) is 0 Å². The Bertz CT molecular complexity index is 258. The predicted octanol–water partition coefficient (Wildman–Crippen LogP) is 3.81. The van der Waals surface area contributed by atoms with Gasteiger partial charge < -0.3 is 5.11 Å². The first-order chi connectivity index (χ1) is 6.96. The van der Waals surface area contributed by atoms with Crippen LogP contribution in [-0.4, -0.2) is 11.1 Å². The van der Waals surface area contributed by atoms with E-state index in [1.165, 1.54) is 0 Å². The van der Waals surface area contributed by atoms with Crippen LogP contribution in [0.1, 0.15) is 34.6 Å². The van der Waals surface area contributed by atoms with Crippen molar-refractivity contribution in [3.05, 3.63) is 36.5 Å². The lowest BCUT2D eigenvalue weighted by atomic mass is 9.83. The summed E-state index contributed by atoms with van der Waals surface area (Å²) in [5.74, 6) is -0.835. The maximum atomic E-state index is 10.9. The van der Waals surface area contributed by atoms with E-state index in [-0.39, 0.29) is 0 Å². The van der Waals surface area contributed by atoms with Gasteiger partial charge in [0.15, 0.2) is 0 Å². The Morgan fingerprint density at radius 2 is 1.80 bits per heavy atom. The normalized spacial score (nSPS) is 11.9. The SMILES string of the molecule is C=C/C=C(\C=C/C)C(C)(C)C(=O)O.CC. The number of allylic oxidation sites excluding steroid dienone is 4. The first-order valence-electron chi connectivity index (χ1n) is 5.16. The highest BCUT2D eigenvalue weighted by molar-refractivity contribution is 5.78. The van der Waals surface area contributed by atoms with E-state index in [9.17, 15) is 4.79 Å². The highest BCUT2D eigenvalue weighted by Gasteiger charge is 2.29. The molecule has 0 aromatic carbocycles. The summed E-state index contributed by atoms with van der Waals surface area (Å²) in [6.45, 7) is 12.8. The first kappa shape index (κ1) is 16.1. The van der Waals surface area contributed by atoms with Crippen molar-refractivity contribution in [2.45, 2.75) is 34.6 Å². The van der Waals surface area contributed by atoms with Crippen LogP contribution in [0.2, 0.25) is 0 Å². The van der Waals surface area contributed by atoms with Crippen LogP contribution in [0.4, 0.5) is 0 Å². The van der Waals surface area contributed by atoms with Crippen molar-refractivity contribution in [1.29, 1.82) is 0 Å². The molecule has 0 heterocycles. The molecule has 0 saturated carbocycles. The van der Waals surface area contributed by atoms with Gasteiger partial charge in [0, 0.05) is 0 Å². The number of carboxylic acids is 1. The third-order valence-electron chi connectivity index (χ3n) is 1.90. The van der Waals surface area contributed by atoms with Crippen LogP contribution in [0.3, 0.4) is 0 Å². The monoisotopic (exact) mass is 210 g/mol. The molecule has 0 saturated heterocycles. The Kier molecular flexibility index (Phi) is 8.64. The van der Waals surface area contributed by atoms with E-state index in [2.05, 4.69) is 6.58 Å². The predicted molar refractivity (Wildman–Crippen MR) is 65.9 cm³/mol. The molecule has 0 aliphatic carbocycles. The average Bonchev–Trinajstić information content (AvgIpc) is 2.20. The third kappa shape index (κ3) is 5.21. The maximum Gasteiger partial charge on any atom is 0.313 e. The molecule has 0 fully saturated rings. The van der Waals surface area contributed by atoms with Crippen molar-refractivity contribution in [2.24, 2.45) is 5.41 Å². The van der Waals surface area contributed by atoms with Gasteiger partial charge in [-0.15, -0.1) is 0 Å². The molecule has 0 spiro atoms. The van der Waals surface area contributed by atoms with Crippen molar-refractivity contribution < 1.29 is 9.90 Å². The molecule has 1 N–H and O–H groups in total. The van der Waals surface area contributed by atoms with Crippen LogP contribution in [0, 0.1) is 5.41 Å². The molecule has 0 rings (SSSR count). The largest absolute Gasteiger partial charge is 0.481 e. The van der Waals surface area contributed by atoms with Crippen LogP contribution in [0.25, 0.3) is 0 Å². The van der Waals surface area contributed by atoms with Gasteiger partial charge in [-0.3, -0.25) is 4.79 Å². The van der Waals surface area contributed by atoms with Gasteiger partial charge >= 0.3 is 5.97 Å². The summed E-state index contributed by atoms with van der Waals surface area (Å²) < 4.78 is 0. The quantitative estimate of drug-likeness (QED) is 0.716. The summed E-state index contributed by atoms with van der Waals surface area (Å²) in [6.07, 6.45) is 6.92. The second-order valence-corrected chi connectivity index (χ2v) is 3.29. The topological polar surface area (TPSA) is 37.3 Å². The van der Waals surface area contributed by atoms with E-state index in [0.29, 0.717) is 0 Å². The molecule has 0 unspecified atom stereocenters. The highest BCUT2D eigenvalue weighted by Crippen LogP contribution is 2.27. The van der Waals surface area contributed by atoms with E-state index < -0.39 is 11.4 Å². The molecular weight excluding hydrogens is 188 g/mol. The van der Waals surface area contributed by atoms with Crippen molar-refractivity contribution in [3.8, 4) is 0 Å². The summed E-state index contributed by atoms with van der Waals surface area (Å²) in [5.41, 5.74) is -0.113. The van der Waals surface area contributed by atoms with Gasteiger partial charge in [-0.05, 0) is 26.3 Å². The first-order valence-corrected chi connectivity index (χ1v) is 5.16. The molecule has 2 heteroatoms. The Morgan fingerprint density at radius 3 is 2.07 bits per heavy atom. The zero-order chi connectivity index (χ0) is 12.5. The van der Waals surface area contributed by atoms with Crippen LogP contribution in [-0.2, 0) is 4.79 Å². The number of carbonyl (C=O) groups is 1. The zero-order valence-electron chi connectivity index (χ0n) is 10.4. The average molecular weight is 210 g/mol. The second kappa shape index (κ2) is 8.04. The summed E-state index contributed by atoms with van der Waals surface area (Å²) in [6, 6.07) is 0. The molecule has 0 aliphatic rings. The third-order valence-corrected chi connectivity index (χ3v) is 1.90. The lowest BCUT2D eigenvalue weighted by molar-refractivity contribution is -0.144. The molecule has 0 aromatic heterocycles. The van der Waals surface area contributed by atoms with Crippen LogP contribution in [0.5, 0.6) is 0 Å². The fourth-order valence-electron chi connectivity index (χ4n) is 0.902. The number of carboxylic acid groups (broad SMARTS) is 1. The summed E-state index contributed by atoms with van der Waals surface area (Å²) in [7, 11) is 0. The minimum Gasteiger partial charge on any atom is -0.481 e. The Balaban J connectivity index is 0. The maximum absolute atomic E-state index is 10.9. The van der Waals surface area contributed by atoms with E-state index in [1.54, 1.807) is 32.1 Å². The Morgan fingerprint density at radius 1 is 1.33 bits per heavy atom. The molecule has 0 aromatic rings. The van der Waals surface area contributed by atoms with Gasteiger partial charge in [-0.2, -0.15) is 0 Å². The lowest BCUT2D eigenvalue weighted by Gasteiger charge is -2.20. The van der Waals surface area contributed by atoms with Gasteiger partial charge in [-0.25, -0.2) is 0 Å². The van der Waals surface area contributed by atoms with Crippen LogP contribution >= 0.6 is 0 Å². The molecule has 0 aliphatic heterocycles. The lowest BCUT2D eigenvalue weighted by Crippen LogP contribution is -2.25. The summed E-state index contributed by atoms with van der Waals surface area (Å²) in [5, 5.41) is 8.96. The molecule has 2 nitrogen and oxygen atoms in total. The van der Waals surface area contributed by atoms with Gasteiger partial charge in [0.1, 0.15) is 0 Å². The molecule has 0 bridgehead atoms. The molecule has 15 heavy (non-hydrogen) atoms. The minimum atomic E-state index is -0.860. The minimum absolute atomic E-state index is 0.748. The van der Waals surface area contributed by atoms with E-state index in [0.717, 1.165) is 5.57 Å². The number of rotatable bonds is 4. The molecule has 86 valence electrons. The van der Waals surface area contributed by atoms with Crippen molar-refractivity contribution in [2.75, 3.05) is 0 Å². The van der Waals surface area contributed by atoms with Crippen molar-refractivity contribution in [1.82, 2.24) is 0 Å². The Labute approximate surface area is 93.0 Å². The molecular formula is C13H22O2. The fourth-order valence-corrected chi connectivity index (χ4v) is 0.902. The van der Waals surface area contributed by atoms with Gasteiger partial charge in [0.25, 0.3) is 0 Å². The number of hydrogen-bond donors (Lipinski definition) is 1. The second-order valence-electron chi connectivity index (χ2n) is 3.29. The fraction of sp³-hybridized carbons (Fsp3) is 0.462. The summed E-state index contributed by atoms with van der Waals surface area (Å²) >= 11 is 0. The van der Waals surface area contributed by atoms with E-state index >= 15 is 0 Å². The molecule has 0 radical (unpaired) electrons. The summed E-state index contributed by atoms with van der Waals surface area (Å²) in [4.78, 5) is 10.9. The van der Waals surface area contributed by atoms with E-state index in [4.69, 9.17) is 5.11 Å². The van der Waals surface area contributed by atoms with Gasteiger partial charge in [0.2, 0.25) is 0 Å². The van der Waals surface area contributed by atoms with Crippen LogP contribution in [0.15, 0.2) is 36.5 Å². The number of aliphatic carboxylic acids is 1. The van der Waals surface area contributed by atoms with Gasteiger partial charge in [-0.1, -0.05) is 44.7 Å². The standard InChI is InChI=1S/C11H16O2.C2H6/c1-5-7-9(8-6-2)11(3,4)10(12)13;1-2/h5-8H,1H2,2-4H3,(H,12,13);1-2H3/b8-6-,9-7+;. The molecule has 0 amide bonds. The zero-order valence-corrected chi connectivity index (χ0v) is 10.4. The smallest absolute Gasteiger partial charge is 0.313 e.